The molecule has 1 aliphatic heterocycles. The van der Waals surface area contributed by atoms with E-state index < -0.39 is 29.6 Å². The van der Waals surface area contributed by atoms with Crippen LogP contribution < -0.4 is 5.32 Å². The van der Waals surface area contributed by atoms with E-state index in [9.17, 15) is 18.8 Å². The third kappa shape index (κ3) is 4.77. The summed E-state index contributed by atoms with van der Waals surface area (Å²) in [5, 5.41) is 10.9. The molecule has 0 unspecified atom stereocenters. The average molecular weight is 538 g/mol. The van der Waals surface area contributed by atoms with Crippen molar-refractivity contribution in [2.24, 2.45) is 7.05 Å². The van der Waals surface area contributed by atoms with Gasteiger partial charge < -0.3 is 5.32 Å². The van der Waals surface area contributed by atoms with Gasteiger partial charge in [-0.15, -0.1) is 16.4 Å². The van der Waals surface area contributed by atoms with Crippen LogP contribution >= 0.6 is 22.9 Å². The normalized spacial score (nSPS) is 13.7. The first-order chi connectivity index (χ1) is 17.7. The highest BCUT2D eigenvalue weighted by atomic mass is 35.5. The quantitative estimate of drug-likeness (QED) is 0.355. The Morgan fingerprint density at radius 1 is 1.08 bits per heavy atom. The number of thiophene rings is 1. The second-order valence-corrected chi connectivity index (χ2v) is 10.4. The summed E-state index contributed by atoms with van der Waals surface area (Å²) in [7, 11) is 1.74. The smallest absolute Gasteiger partial charge is 0.261 e. The van der Waals surface area contributed by atoms with Crippen molar-refractivity contribution in [3.05, 3.63) is 92.0 Å². The van der Waals surface area contributed by atoms with Crippen LogP contribution in [0.3, 0.4) is 0 Å². The lowest BCUT2D eigenvalue weighted by Gasteiger charge is -2.24. The van der Waals surface area contributed by atoms with Crippen molar-refractivity contribution in [1.29, 1.82) is 0 Å². The number of hydrogen-bond acceptors (Lipinski definition) is 6. The lowest BCUT2D eigenvalue weighted by molar-refractivity contribution is 0.0629. The van der Waals surface area contributed by atoms with E-state index in [1.54, 1.807) is 61.1 Å². The van der Waals surface area contributed by atoms with Gasteiger partial charge in [-0.2, -0.15) is 0 Å². The van der Waals surface area contributed by atoms with Crippen LogP contribution in [0.5, 0.6) is 0 Å². The van der Waals surface area contributed by atoms with Gasteiger partial charge in [0.25, 0.3) is 17.7 Å². The predicted molar refractivity (Wildman–Crippen MR) is 137 cm³/mol. The minimum absolute atomic E-state index is 0.0781. The highest BCUT2D eigenvalue weighted by Gasteiger charge is 2.37. The van der Waals surface area contributed by atoms with E-state index >= 15 is 0 Å². The fourth-order valence-electron chi connectivity index (χ4n) is 4.46. The van der Waals surface area contributed by atoms with Gasteiger partial charge in [-0.1, -0.05) is 41.1 Å². The Morgan fingerprint density at radius 3 is 2.41 bits per heavy atom. The maximum atomic E-state index is 13.9. The van der Waals surface area contributed by atoms with Crippen molar-refractivity contribution < 1.29 is 18.8 Å². The molecule has 188 valence electrons. The molecule has 37 heavy (non-hydrogen) atoms. The van der Waals surface area contributed by atoms with Crippen molar-refractivity contribution >= 4 is 40.7 Å². The molecule has 8 nitrogen and oxygen atoms in total. The summed E-state index contributed by atoms with van der Waals surface area (Å²) in [6.07, 6.45) is 0.202. The molecule has 0 spiro atoms. The van der Waals surface area contributed by atoms with Gasteiger partial charge in [-0.05, 0) is 49.2 Å². The van der Waals surface area contributed by atoms with E-state index in [0.717, 1.165) is 16.2 Å². The van der Waals surface area contributed by atoms with E-state index in [-0.39, 0.29) is 13.0 Å². The number of carbonyl (C=O) groups is 3. The monoisotopic (exact) mass is 537 g/mol. The number of imide groups is 1. The second kappa shape index (κ2) is 9.87. The van der Waals surface area contributed by atoms with Gasteiger partial charge in [0.1, 0.15) is 10.2 Å². The van der Waals surface area contributed by atoms with Gasteiger partial charge in [0, 0.05) is 19.2 Å². The van der Waals surface area contributed by atoms with Crippen molar-refractivity contribution in [1.82, 2.24) is 25.2 Å². The molecular weight excluding hydrogens is 517 g/mol. The van der Waals surface area contributed by atoms with E-state index in [1.807, 2.05) is 0 Å². The first-order valence-electron chi connectivity index (χ1n) is 11.4. The van der Waals surface area contributed by atoms with Gasteiger partial charge >= 0.3 is 0 Å². The number of hydrogen-bond donors (Lipinski definition) is 1. The third-order valence-electron chi connectivity index (χ3n) is 6.15. The molecule has 2 aromatic carbocycles. The van der Waals surface area contributed by atoms with Crippen molar-refractivity contribution in [3.8, 4) is 11.3 Å². The molecule has 11 heteroatoms. The van der Waals surface area contributed by atoms with Crippen molar-refractivity contribution in [2.75, 3.05) is 6.54 Å². The predicted octanol–water partition coefficient (Wildman–Crippen LogP) is 4.28. The number of halogens is 2. The van der Waals surface area contributed by atoms with Gasteiger partial charge in [0.05, 0.1) is 33.4 Å². The topological polar surface area (TPSA) is 97.2 Å². The number of nitrogens with zero attached hydrogens (tertiary/aromatic N) is 4. The van der Waals surface area contributed by atoms with E-state index in [0.29, 0.717) is 42.9 Å². The van der Waals surface area contributed by atoms with Crippen LogP contribution in [0.2, 0.25) is 4.34 Å². The molecule has 5 rings (SSSR count). The zero-order valence-electron chi connectivity index (χ0n) is 19.9. The molecule has 0 fully saturated rings. The fourth-order valence-corrected chi connectivity index (χ4v) is 5.64. The highest BCUT2D eigenvalue weighted by Crippen LogP contribution is 2.36. The SMILES string of the molecule is Cc1nnn(C)c1-c1cc(C(=O)N[C@@H](Cc2cccc(F)c2)CN2C(=O)c3ccccc3C2=O)sc1Cl. The summed E-state index contributed by atoms with van der Waals surface area (Å²) < 4.78 is 15.9. The van der Waals surface area contributed by atoms with E-state index in [1.165, 1.54) is 12.1 Å². The number of amides is 3. The Bertz CT molecular complexity index is 1490. The third-order valence-corrected chi connectivity index (χ3v) is 7.51. The highest BCUT2D eigenvalue weighted by molar-refractivity contribution is 7.18. The van der Waals surface area contributed by atoms with Crippen molar-refractivity contribution in [2.45, 2.75) is 19.4 Å². The molecule has 3 heterocycles. The number of aryl methyl sites for hydroxylation is 2. The Morgan fingerprint density at radius 2 is 1.78 bits per heavy atom. The summed E-state index contributed by atoms with van der Waals surface area (Å²) in [5.41, 5.74) is 3.25. The minimum Gasteiger partial charge on any atom is -0.346 e. The Labute approximate surface area is 220 Å². The molecule has 4 aromatic rings. The number of benzene rings is 2. The van der Waals surface area contributed by atoms with Crippen LogP contribution in [-0.2, 0) is 13.5 Å². The fraction of sp³-hybridized carbons (Fsp3) is 0.192. The second-order valence-electron chi connectivity index (χ2n) is 8.72. The molecule has 3 amide bonds. The molecular formula is C26H21ClFN5O3S. The maximum Gasteiger partial charge on any atom is 0.261 e. The number of aromatic nitrogens is 3. The van der Waals surface area contributed by atoms with Crippen LogP contribution in [0.4, 0.5) is 4.39 Å². The van der Waals surface area contributed by atoms with Gasteiger partial charge in [0.15, 0.2) is 0 Å². The lowest BCUT2D eigenvalue weighted by atomic mass is 10.0. The summed E-state index contributed by atoms with van der Waals surface area (Å²) in [4.78, 5) is 40.7. The number of fused-ring (bicyclic) bond motifs is 1. The Kier molecular flexibility index (Phi) is 6.61. The summed E-state index contributed by atoms with van der Waals surface area (Å²) in [6.45, 7) is 1.72. The summed E-state index contributed by atoms with van der Waals surface area (Å²) in [5.74, 6) is -1.71. The molecule has 0 saturated carbocycles. The van der Waals surface area contributed by atoms with Gasteiger partial charge in [-0.3, -0.25) is 19.3 Å². The van der Waals surface area contributed by atoms with Crippen LogP contribution in [0.15, 0.2) is 54.6 Å². The first kappa shape index (κ1) is 24.8. The zero-order chi connectivity index (χ0) is 26.3. The van der Waals surface area contributed by atoms with E-state index in [4.69, 9.17) is 11.6 Å². The molecule has 1 aliphatic rings. The molecule has 0 radical (unpaired) electrons. The van der Waals surface area contributed by atoms with Crippen LogP contribution in [-0.4, -0.2) is 50.2 Å². The van der Waals surface area contributed by atoms with Gasteiger partial charge in [0.2, 0.25) is 0 Å². The average Bonchev–Trinajstić information content (AvgIpc) is 3.48. The standard InChI is InChI=1S/C26H21ClFN5O3S/c1-14-22(32(2)31-30-14)20-12-21(37-23(20)27)24(34)29-17(11-15-6-5-7-16(28)10-15)13-33-25(35)18-8-3-4-9-19(18)26(33)36/h3-10,12,17H,11,13H2,1-2H3,(H,29,34)/t17-/m0/s1. The summed E-state index contributed by atoms with van der Waals surface area (Å²) >= 11 is 7.57. The molecule has 1 atom stereocenters. The molecule has 0 aliphatic carbocycles. The van der Waals surface area contributed by atoms with E-state index in [2.05, 4.69) is 15.6 Å². The molecule has 0 saturated heterocycles. The minimum atomic E-state index is -0.680. The number of carbonyl (C=O) groups excluding carboxylic acids is 3. The van der Waals surface area contributed by atoms with Crippen LogP contribution in [0, 0.1) is 12.7 Å². The van der Waals surface area contributed by atoms with Crippen molar-refractivity contribution in [3.63, 3.8) is 0 Å². The molecule has 0 bridgehead atoms. The Balaban J connectivity index is 1.42. The Hall–Kier alpha value is -3.89. The summed E-state index contributed by atoms with van der Waals surface area (Å²) in [6, 6.07) is 13.5. The lowest BCUT2D eigenvalue weighted by Crippen LogP contribution is -2.46. The van der Waals surface area contributed by atoms with Crippen LogP contribution in [0.1, 0.15) is 41.6 Å². The maximum absolute atomic E-state index is 13.9. The largest absolute Gasteiger partial charge is 0.346 e. The first-order valence-corrected chi connectivity index (χ1v) is 12.6. The molecule has 1 N–H and O–H groups in total. The number of rotatable bonds is 7. The number of nitrogens with one attached hydrogen (secondary N) is 1. The van der Waals surface area contributed by atoms with Gasteiger partial charge in [-0.25, -0.2) is 9.07 Å². The van der Waals surface area contributed by atoms with Crippen LogP contribution in [0.25, 0.3) is 11.3 Å². The molecule has 2 aromatic heterocycles. The zero-order valence-corrected chi connectivity index (χ0v) is 21.4.